The van der Waals surface area contributed by atoms with E-state index in [2.05, 4.69) is 5.32 Å². The Balaban J connectivity index is 1.75. The van der Waals surface area contributed by atoms with Crippen LogP contribution in [0.2, 0.25) is 0 Å². The van der Waals surface area contributed by atoms with Crippen molar-refractivity contribution in [3.8, 4) is 17.2 Å². The van der Waals surface area contributed by atoms with Crippen molar-refractivity contribution < 1.29 is 33.5 Å². The molecule has 0 aliphatic heterocycles. The number of ether oxygens (including phenoxy) is 3. The van der Waals surface area contributed by atoms with Gasteiger partial charge in [0.2, 0.25) is 0 Å². The van der Waals surface area contributed by atoms with Crippen molar-refractivity contribution >= 4 is 29.2 Å². The summed E-state index contributed by atoms with van der Waals surface area (Å²) in [6.45, 7) is 2.64. The van der Waals surface area contributed by atoms with Crippen molar-refractivity contribution in [3.63, 3.8) is 0 Å². The molecule has 4 aromatic rings. The van der Waals surface area contributed by atoms with E-state index in [-0.39, 0.29) is 17.0 Å². The maximum absolute atomic E-state index is 13.3. The minimum Gasteiger partial charge on any atom is -0.490 e. The molecule has 1 N–H and O–H groups in total. The average Bonchev–Trinajstić information content (AvgIpc) is 2.94. The summed E-state index contributed by atoms with van der Waals surface area (Å²) in [6, 6.07) is 25.2. The first kappa shape index (κ1) is 28.5. The van der Waals surface area contributed by atoms with Crippen molar-refractivity contribution in [3.05, 3.63) is 123 Å². The van der Waals surface area contributed by atoms with Crippen molar-refractivity contribution in [1.82, 2.24) is 0 Å². The predicted molar refractivity (Wildman–Crippen MR) is 150 cm³/mol. The number of nitro benzene ring substituents is 1. The Morgan fingerprint density at radius 1 is 0.780 bits per heavy atom. The topological polar surface area (TPSA) is 134 Å². The molecule has 0 bridgehead atoms. The summed E-state index contributed by atoms with van der Waals surface area (Å²) in [5.41, 5.74) is 2.84. The second kappa shape index (κ2) is 12.6. The molecule has 0 fully saturated rings. The number of methoxy groups -OCH3 is 1. The zero-order valence-corrected chi connectivity index (χ0v) is 22.5. The van der Waals surface area contributed by atoms with Gasteiger partial charge in [-0.05, 0) is 53.1 Å². The van der Waals surface area contributed by atoms with E-state index >= 15 is 0 Å². The molecule has 0 unspecified atom stereocenters. The summed E-state index contributed by atoms with van der Waals surface area (Å²) in [5, 5.41) is 14.2. The molecule has 10 nitrogen and oxygen atoms in total. The van der Waals surface area contributed by atoms with Crippen LogP contribution in [0.5, 0.6) is 17.2 Å². The Hall–Kier alpha value is -5.51. The van der Waals surface area contributed by atoms with Gasteiger partial charge >= 0.3 is 17.6 Å². The Morgan fingerprint density at radius 3 is 1.80 bits per heavy atom. The van der Waals surface area contributed by atoms with Gasteiger partial charge in [0.25, 0.3) is 5.91 Å². The van der Waals surface area contributed by atoms with Gasteiger partial charge in [0, 0.05) is 43.1 Å². The molecule has 0 saturated heterocycles. The number of amides is 1. The molecule has 1 amide bonds. The Labute approximate surface area is 235 Å². The third kappa shape index (κ3) is 6.93. The van der Waals surface area contributed by atoms with E-state index in [4.69, 9.17) is 14.2 Å². The maximum atomic E-state index is 13.3. The number of esters is 2. The molecule has 4 aromatic carbocycles. The maximum Gasteiger partial charge on any atom is 0.310 e. The van der Waals surface area contributed by atoms with Crippen LogP contribution in [0.15, 0.2) is 91.0 Å². The predicted octanol–water partition coefficient (Wildman–Crippen LogP) is 5.89. The SMILES string of the molecule is COc1cc(C(=O)Nc2ccccc2C(c2ccc(OC(C)=O)cc2)c2ccc(OC(C)=O)cc2)ccc1[N+](=O)[O-]. The highest BCUT2D eigenvalue weighted by Gasteiger charge is 2.23. The van der Waals surface area contributed by atoms with E-state index in [9.17, 15) is 24.5 Å². The second-order valence-corrected chi connectivity index (χ2v) is 8.94. The Bertz CT molecular complexity index is 1540. The van der Waals surface area contributed by atoms with Crippen molar-refractivity contribution in [2.45, 2.75) is 19.8 Å². The number of carbonyl (C=O) groups excluding carboxylic acids is 3. The average molecular weight is 555 g/mol. The van der Waals surface area contributed by atoms with E-state index in [1.54, 1.807) is 36.4 Å². The van der Waals surface area contributed by atoms with Crippen LogP contribution in [0.4, 0.5) is 11.4 Å². The zero-order valence-electron chi connectivity index (χ0n) is 22.5. The number of anilines is 1. The van der Waals surface area contributed by atoms with E-state index < -0.39 is 28.7 Å². The molecular formula is C31H26N2O8. The van der Waals surface area contributed by atoms with Crippen LogP contribution in [0.3, 0.4) is 0 Å². The molecule has 0 spiro atoms. The van der Waals surface area contributed by atoms with Gasteiger partial charge in [0.05, 0.1) is 12.0 Å². The number of hydrogen-bond donors (Lipinski definition) is 1. The fraction of sp³-hybridized carbons (Fsp3) is 0.129. The standard InChI is InChI=1S/C31H26N2O8/c1-19(34)40-24-13-8-21(9-14-24)30(22-10-15-25(16-11-22)41-20(2)35)26-6-4-5-7-27(26)32-31(36)23-12-17-28(33(37)38)29(18-23)39-3/h4-18,30H,1-3H3,(H,32,36). The van der Waals surface area contributed by atoms with Crippen LogP contribution in [0.25, 0.3) is 0 Å². The van der Waals surface area contributed by atoms with Crippen LogP contribution in [-0.4, -0.2) is 29.9 Å². The van der Waals surface area contributed by atoms with Crippen LogP contribution in [0, 0.1) is 10.1 Å². The molecule has 0 saturated carbocycles. The summed E-state index contributed by atoms with van der Waals surface area (Å²) in [5.74, 6) is -1.01. The molecule has 0 heterocycles. The van der Waals surface area contributed by atoms with Gasteiger partial charge in [-0.15, -0.1) is 0 Å². The molecule has 0 radical (unpaired) electrons. The number of benzene rings is 4. The zero-order chi connectivity index (χ0) is 29.5. The van der Waals surface area contributed by atoms with Gasteiger partial charge in [0.1, 0.15) is 11.5 Å². The quantitative estimate of drug-likeness (QED) is 0.0890. The van der Waals surface area contributed by atoms with Crippen molar-refractivity contribution in [2.24, 2.45) is 0 Å². The monoisotopic (exact) mass is 554 g/mol. The minimum atomic E-state index is -0.583. The van der Waals surface area contributed by atoms with E-state index in [0.717, 1.165) is 16.7 Å². The number of hydrogen-bond acceptors (Lipinski definition) is 8. The van der Waals surface area contributed by atoms with Crippen LogP contribution in [-0.2, 0) is 9.59 Å². The molecule has 0 atom stereocenters. The lowest BCUT2D eigenvalue weighted by molar-refractivity contribution is -0.385. The van der Waals surface area contributed by atoms with Gasteiger partial charge in [-0.1, -0.05) is 42.5 Å². The fourth-order valence-corrected chi connectivity index (χ4v) is 4.37. The number of nitrogens with one attached hydrogen (secondary N) is 1. The molecule has 4 rings (SSSR count). The van der Waals surface area contributed by atoms with Crippen molar-refractivity contribution in [2.75, 3.05) is 12.4 Å². The van der Waals surface area contributed by atoms with Gasteiger partial charge in [0.15, 0.2) is 5.75 Å². The molecule has 0 aliphatic carbocycles. The Morgan fingerprint density at radius 2 is 1.32 bits per heavy atom. The highest BCUT2D eigenvalue weighted by atomic mass is 16.6. The molecule has 0 aromatic heterocycles. The van der Waals surface area contributed by atoms with Gasteiger partial charge in [-0.25, -0.2) is 0 Å². The summed E-state index contributed by atoms with van der Waals surface area (Å²) < 4.78 is 15.5. The Kier molecular flexibility index (Phi) is 8.73. The molecule has 41 heavy (non-hydrogen) atoms. The van der Waals surface area contributed by atoms with Gasteiger partial charge in [-0.3, -0.25) is 24.5 Å². The summed E-state index contributed by atoms with van der Waals surface area (Å²) in [7, 11) is 1.30. The number of nitro groups is 1. The number of para-hydroxylation sites is 1. The summed E-state index contributed by atoms with van der Waals surface area (Å²) in [6.07, 6.45) is 0. The number of nitrogens with zero attached hydrogens (tertiary/aromatic N) is 1. The van der Waals surface area contributed by atoms with Crippen molar-refractivity contribution in [1.29, 1.82) is 0 Å². The largest absolute Gasteiger partial charge is 0.490 e. The third-order valence-corrected chi connectivity index (χ3v) is 6.11. The number of rotatable bonds is 9. The molecule has 10 heteroatoms. The highest BCUT2D eigenvalue weighted by Crippen LogP contribution is 2.38. The summed E-state index contributed by atoms with van der Waals surface area (Å²) >= 11 is 0. The van der Waals surface area contributed by atoms with Crippen LogP contribution >= 0.6 is 0 Å². The number of carbonyl (C=O) groups is 3. The summed E-state index contributed by atoms with van der Waals surface area (Å²) in [4.78, 5) is 46.8. The van der Waals surface area contributed by atoms with Gasteiger partial charge in [-0.2, -0.15) is 0 Å². The lowest BCUT2D eigenvalue weighted by Crippen LogP contribution is -2.15. The third-order valence-electron chi connectivity index (χ3n) is 6.11. The van der Waals surface area contributed by atoms with E-state index in [0.29, 0.717) is 17.2 Å². The molecule has 208 valence electrons. The van der Waals surface area contributed by atoms with Crippen LogP contribution in [0.1, 0.15) is 46.8 Å². The first-order valence-electron chi connectivity index (χ1n) is 12.5. The first-order chi connectivity index (χ1) is 19.7. The normalized spacial score (nSPS) is 10.5. The van der Waals surface area contributed by atoms with Crippen LogP contribution < -0.4 is 19.5 Å². The smallest absolute Gasteiger partial charge is 0.310 e. The first-order valence-corrected chi connectivity index (χ1v) is 12.5. The highest BCUT2D eigenvalue weighted by molar-refractivity contribution is 6.05. The van der Waals surface area contributed by atoms with E-state index in [1.807, 2.05) is 36.4 Å². The molecular weight excluding hydrogens is 528 g/mol. The lowest BCUT2D eigenvalue weighted by atomic mass is 9.84. The second-order valence-electron chi connectivity index (χ2n) is 8.94. The minimum absolute atomic E-state index is 0.0328. The lowest BCUT2D eigenvalue weighted by Gasteiger charge is -2.23. The molecule has 0 aliphatic rings. The van der Waals surface area contributed by atoms with Gasteiger partial charge < -0.3 is 19.5 Å². The van der Waals surface area contributed by atoms with E-state index in [1.165, 1.54) is 39.2 Å². The fourth-order valence-electron chi connectivity index (χ4n) is 4.37.